The molecule has 1 aliphatic rings. The van der Waals surface area contributed by atoms with Crippen LogP contribution in [0.15, 0.2) is 36.5 Å². The molecule has 0 unspecified atom stereocenters. The topological polar surface area (TPSA) is 58.4 Å². The van der Waals surface area contributed by atoms with Gasteiger partial charge in [0, 0.05) is 18.4 Å². The van der Waals surface area contributed by atoms with E-state index in [1.165, 1.54) is 0 Å². The fraction of sp³-hybridized carbons (Fsp3) is 0.368. The molecule has 5 nitrogen and oxygen atoms in total. The number of rotatable bonds is 4. The maximum absolute atomic E-state index is 9.34. The number of nitriles is 1. The van der Waals surface area contributed by atoms with Crippen molar-refractivity contribution in [2.75, 3.05) is 25.1 Å². The average Bonchev–Trinajstić information content (AvgIpc) is 2.62. The predicted molar refractivity (Wildman–Crippen MR) is 92.5 cm³/mol. The van der Waals surface area contributed by atoms with Crippen LogP contribution in [0.25, 0.3) is 0 Å². The van der Waals surface area contributed by atoms with Crippen molar-refractivity contribution in [1.29, 1.82) is 5.26 Å². The van der Waals surface area contributed by atoms with Crippen LogP contribution in [0.4, 0.5) is 5.69 Å². The quantitative estimate of drug-likeness (QED) is 0.864. The lowest BCUT2D eigenvalue weighted by Crippen LogP contribution is -2.41. The molecule has 1 saturated heterocycles. The number of piperidine rings is 1. The highest BCUT2D eigenvalue weighted by Crippen LogP contribution is 2.30. The number of hydrogen-bond donors (Lipinski definition) is 0. The van der Waals surface area contributed by atoms with Gasteiger partial charge >= 0.3 is 0 Å². The average molecular weight is 323 g/mol. The maximum atomic E-state index is 9.34. The summed E-state index contributed by atoms with van der Waals surface area (Å²) in [5, 5.41) is 9.34. The Morgan fingerprint density at radius 2 is 2.08 bits per heavy atom. The highest BCUT2D eigenvalue weighted by Gasteiger charge is 2.24. The first-order chi connectivity index (χ1) is 11.7. The normalized spacial score (nSPS) is 17.2. The van der Waals surface area contributed by atoms with Crippen LogP contribution in [0.1, 0.15) is 24.1 Å². The minimum Gasteiger partial charge on any atom is -0.493 e. The summed E-state index contributed by atoms with van der Waals surface area (Å²) in [6, 6.07) is 11.9. The Labute approximate surface area is 142 Å². The zero-order chi connectivity index (χ0) is 16.9. The summed E-state index contributed by atoms with van der Waals surface area (Å²) in [5.74, 6) is 1.50. The van der Waals surface area contributed by atoms with Crippen LogP contribution >= 0.6 is 0 Å². The summed E-state index contributed by atoms with van der Waals surface area (Å²) in [7, 11) is 1.65. The van der Waals surface area contributed by atoms with Crippen molar-refractivity contribution < 1.29 is 9.47 Å². The van der Waals surface area contributed by atoms with E-state index in [1.54, 1.807) is 13.3 Å². The van der Waals surface area contributed by atoms with E-state index in [0.717, 1.165) is 48.8 Å². The number of para-hydroxylation sites is 2. The van der Waals surface area contributed by atoms with Gasteiger partial charge in [-0.1, -0.05) is 12.1 Å². The van der Waals surface area contributed by atoms with Gasteiger partial charge in [0.1, 0.15) is 12.2 Å². The van der Waals surface area contributed by atoms with Crippen LogP contribution in [0.2, 0.25) is 0 Å². The largest absolute Gasteiger partial charge is 0.493 e. The van der Waals surface area contributed by atoms with Gasteiger partial charge in [0.2, 0.25) is 0 Å². The van der Waals surface area contributed by atoms with Crippen molar-refractivity contribution in [3.8, 4) is 17.6 Å². The number of benzene rings is 1. The number of aryl methyl sites for hydroxylation is 1. The van der Waals surface area contributed by atoms with Crippen molar-refractivity contribution in [2.45, 2.75) is 25.9 Å². The number of aromatic nitrogens is 1. The van der Waals surface area contributed by atoms with Crippen molar-refractivity contribution >= 4 is 5.69 Å². The van der Waals surface area contributed by atoms with E-state index in [-0.39, 0.29) is 6.10 Å². The number of hydrogen-bond acceptors (Lipinski definition) is 5. The molecule has 1 aromatic carbocycles. The second kappa shape index (κ2) is 7.22. The molecule has 1 aliphatic heterocycles. The lowest BCUT2D eigenvalue weighted by Gasteiger charge is -2.35. The molecule has 5 heteroatoms. The first-order valence-corrected chi connectivity index (χ1v) is 8.12. The third kappa shape index (κ3) is 3.43. The molecule has 0 aliphatic carbocycles. The Morgan fingerprint density at radius 1 is 1.29 bits per heavy atom. The van der Waals surface area contributed by atoms with E-state index in [0.29, 0.717) is 5.56 Å². The number of pyridine rings is 1. The molecule has 2 aromatic rings. The highest BCUT2D eigenvalue weighted by atomic mass is 16.5. The van der Waals surface area contributed by atoms with E-state index >= 15 is 0 Å². The second-order valence-corrected chi connectivity index (χ2v) is 5.93. The van der Waals surface area contributed by atoms with E-state index < -0.39 is 0 Å². The van der Waals surface area contributed by atoms with E-state index in [9.17, 15) is 5.26 Å². The Bertz CT molecular complexity index is 755. The lowest BCUT2D eigenvalue weighted by molar-refractivity contribution is 0.172. The first kappa shape index (κ1) is 16.1. The molecule has 124 valence electrons. The maximum Gasteiger partial charge on any atom is 0.161 e. The molecule has 0 spiro atoms. The molecule has 3 rings (SSSR count). The Balaban J connectivity index is 1.78. The minimum atomic E-state index is 0.0649. The van der Waals surface area contributed by atoms with Crippen LogP contribution in [0, 0.1) is 18.3 Å². The van der Waals surface area contributed by atoms with Crippen molar-refractivity contribution in [3.05, 3.63) is 47.8 Å². The Hall–Kier alpha value is -2.74. The third-order valence-corrected chi connectivity index (χ3v) is 4.22. The number of methoxy groups -OCH3 is 1. The van der Waals surface area contributed by atoms with Crippen LogP contribution in [-0.2, 0) is 0 Å². The van der Waals surface area contributed by atoms with Crippen LogP contribution in [0.3, 0.4) is 0 Å². The summed E-state index contributed by atoms with van der Waals surface area (Å²) in [6.07, 6.45) is 3.72. The molecular weight excluding hydrogens is 302 g/mol. The van der Waals surface area contributed by atoms with E-state index in [4.69, 9.17) is 9.47 Å². The Kier molecular flexibility index (Phi) is 4.85. The zero-order valence-corrected chi connectivity index (χ0v) is 14.0. The zero-order valence-electron chi connectivity index (χ0n) is 14.0. The van der Waals surface area contributed by atoms with Crippen LogP contribution < -0.4 is 14.4 Å². The molecule has 0 saturated carbocycles. The molecule has 1 atom stereocenters. The van der Waals surface area contributed by atoms with Gasteiger partial charge in [-0.05, 0) is 38.0 Å². The predicted octanol–water partition coefficient (Wildman–Crippen LogP) is 3.32. The number of ether oxygens (including phenoxy) is 2. The summed E-state index contributed by atoms with van der Waals surface area (Å²) < 4.78 is 11.5. The molecule has 0 N–H and O–H groups in total. The SMILES string of the molecule is COc1ccccc1O[C@H]1CCCN(c2cc(C)ncc2C#N)C1. The van der Waals surface area contributed by atoms with Gasteiger partial charge in [-0.25, -0.2) is 0 Å². The summed E-state index contributed by atoms with van der Waals surface area (Å²) in [5.41, 5.74) is 2.47. The fourth-order valence-electron chi connectivity index (χ4n) is 3.04. The van der Waals surface area contributed by atoms with Gasteiger partial charge in [0.25, 0.3) is 0 Å². The molecule has 0 bridgehead atoms. The Morgan fingerprint density at radius 3 is 2.83 bits per heavy atom. The van der Waals surface area contributed by atoms with Crippen LogP contribution in [0.5, 0.6) is 11.5 Å². The third-order valence-electron chi connectivity index (χ3n) is 4.22. The molecular formula is C19H21N3O2. The van der Waals surface area contributed by atoms with Crippen molar-refractivity contribution in [3.63, 3.8) is 0 Å². The van der Waals surface area contributed by atoms with Gasteiger partial charge in [0.15, 0.2) is 11.5 Å². The van der Waals surface area contributed by atoms with Crippen molar-refractivity contribution in [2.24, 2.45) is 0 Å². The monoisotopic (exact) mass is 323 g/mol. The first-order valence-electron chi connectivity index (χ1n) is 8.12. The van der Waals surface area contributed by atoms with Crippen LogP contribution in [-0.4, -0.2) is 31.3 Å². The fourth-order valence-corrected chi connectivity index (χ4v) is 3.04. The molecule has 0 radical (unpaired) electrons. The summed E-state index contributed by atoms with van der Waals surface area (Å²) in [4.78, 5) is 6.44. The summed E-state index contributed by atoms with van der Waals surface area (Å²) in [6.45, 7) is 3.61. The standard InChI is InChI=1S/C19H21N3O2/c1-14-10-17(15(11-20)12-21-14)22-9-5-6-16(13-22)24-19-8-4-3-7-18(19)23-2/h3-4,7-8,10,12,16H,5-6,9,13H2,1-2H3/t16-/m0/s1. The van der Waals surface area contributed by atoms with E-state index in [2.05, 4.69) is 16.0 Å². The molecule has 0 amide bonds. The van der Waals surface area contributed by atoms with Crippen molar-refractivity contribution in [1.82, 2.24) is 4.98 Å². The molecule has 1 fully saturated rings. The molecule has 24 heavy (non-hydrogen) atoms. The summed E-state index contributed by atoms with van der Waals surface area (Å²) >= 11 is 0. The van der Waals surface area contributed by atoms with E-state index in [1.807, 2.05) is 37.3 Å². The second-order valence-electron chi connectivity index (χ2n) is 5.93. The number of nitrogens with zero attached hydrogens (tertiary/aromatic N) is 3. The van der Waals surface area contributed by atoms with Gasteiger partial charge in [-0.2, -0.15) is 5.26 Å². The van der Waals surface area contributed by atoms with Gasteiger partial charge in [-0.15, -0.1) is 0 Å². The van der Waals surface area contributed by atoms with Gasteiger partial charge in [0.05, 0.1) is 24.9 Å². The molecule has 2 heterocycles. The molecule has 1 aromatic heterocycles. The smallest absolute Gasteiger partial charge is 0.161 e. The van der Waals surface area contributed by atoms with Gasteiger partial charge in [-0.3, -0.25) is 4.98 Å². The minimum absolute atomic E-state index is 0.0649. The number of anilines is 1. The highest BCUT2D eigenvalue weighted by molar-refractivity contribution is 5.59. The van der Waals surface area contributed by atoms with Gasteiger partial charge < -0.3 is 14.4 Å². The lowest BCUT2D eigenvalue weighted by atomic mass is 10.1.